The van der Waals surface area contributed by atoms with Crippen LogP contribution in [0.25, 0.3) is 0 Å². The molecule has 0 saturated carbocycles. The van der Waals surface area contributed by atoms with Crippen molar-refractivity contribution in [2.75, 3.05) is 45.2 Å². The smallest absolute Gasteiger partial charge is 0.270 e. The van der Waals surface area contributed by atoms with Gasteiger partial charge < -0.3 is 15.1 Å². The minimum absolute atomic E-state index is 0. The lowest BCUT2D eigenvalue weighted by Gasteiger charge is -2.34. The number of rotatable bonds is 3. The molecule has 1 heterocycles. The molecule has 1 aliphatic heterocycles. The van der Waals surface area contributed by atoms with E-state index in [9.17, 15) is 14.9 Å². The molecule has 1 saturated heterocycles. The van der Waals surface area contributed by atoms with Crippen molar-refractivity contribution in [3.63, 3.8) is 0 Å². The Morgan fingerprint density at radius 2 is 1.90 bits per heavy atom. The lowest BCUT2D eigenvalue weighted by atomic mass is 10.1. The van der Waals surface area contributed by atoms with Crippen LogP contribution in [0, 0.1) is 10.1 Å². The van der Waals surface area contributed by atoms with Gasteiger partial charge in [0, 0.05) is 45.4 Å². The first-order valence-electron chi connectivity index (χ1n) is 6.47. The second-order valence-corrected chi connectivity index (χ2v) is 4.83. The first-order valence-corrected chi connectivity index (χ1v) is 6.47. The lowest BCUT2D eigenvalue weighted by molar-refractivity contribution is -0.384. The van der Waals surface area contributed by atoms with Crippen LogP contribution >= 0.6 is 0 Å². The number of amides is 1. The summed E-state index contributed by atoms with van der Waals surface area (Å²) >= 11 is 0. The van der Waals surface area contributed by atoms with E-state index in [4.69, 9.17) is 0 Å². The maximum atomic E-state index is 11.9. The van der Waals surface area contributed by atoms with Crippen molar-refractivity contribution in [2.24, 2.45) is 0 Å². The summed E-state index contributed by atoms with van der Waals surface area (Å²) in [6, 6.07) is 4.45. The summed E-state index contributed by atoms with van der Waals surface area (Å²) in [6.07, 6.45) is 0. The Hall–Kier alpha value is -2.22. The van der Waals surface area contributed by atoms with E-state index in [1.54, 1.807) is 6.07 Å². The van der Waals surface area contributed by atoms with Crippen molar-refractivity contribution in [3.8, 4) is 0 Å². The first-order chi connectivity index (χ1) is 9.52. The molecule has 116 valence electrons. The van der Waals surface area contributed by atoms with Gasteiger partial charge in [0.25, 0.3) is 11.6 Å². The number of carbonyl (C=O) groups is 1. The second-order valence-electron chi connectivity index (χ2n) is 4.83. The van der Waals surface area contributed by atoms with Crippen molar-refractivity contribution in [2.45, 2.75) is 0 Å². The predicted molar refractivity (Wildman–Crippen MR) is 78.7 cm³/mol. The maximum absolute atomic E-state index is 11.9. The number of nitrogens with zero attached hydrogens (tertiary/aromatic N) is 3. The Bertz CT molecular complexity index is 530. The highest BCUT2D eigenvalue weighted by molar-refractivity contribution is 6.00. The maximum Gasteiger partial charge on any atom is 0.270 e. The number of hydrogen-bond acceptors (Lipinski definition) is 5. The number of non-ortho nitro benzene ring substituents is 1. The molecule has 0 unspecified atom stereocenters. The van der Waals surface area contributed by atoms with Crippen LogP contribution < -0.4 is 10.2 Å². The van der Waals surface area contributed by atoms with E-state index in [0.717, 1.165) is 31.9 Å². The van der Waals surface area contributed by atoms with Gasteiger partial charge in [-0.05, 0) is 13.1 Å². The summed E-state index contributed by atoms with van der Waals surface area (Å²) in [5.41, 5.74) is 1.04. The molecule has 7 nitrogen and oxygen atoms in total. The van der Waals surface area contributed by atoms with E-state index in [2.05, 4.69) is 15.1 Å². The summed E-state index contributed by atoms with van der Waals surface area (Å²) in [6.45, 7) is 3.42. The van der Waals surface area contributed by atoms with E-state index in [-0.39, 0.29) is 16.3 Å². The fourth-order valence-electron chi connectivity index (χ4n) is 2.28. The molecule has 21 heavy (non-hydrogen) atoms. The van der Waals surface area contributed by atoms with Crippen molar-refractivity contribution in [1.82, 2.24) is 10.2 Å². The van der Waals surface area contributed by atoms with Crippen LogP contribution in [0.5, 0.6) is 0 Å². The molecule has 1 aromatic carbocycles. The Kier molecular flexibility index (Phi) is 5.60. The summed E-state index contributed by atoms with van der Waals surface area (Å²) in [5.74, 6) is -0.303. The highest BCUT2D eigenvalue weighted by atomic mass is 19.0. The average molecular weight is 298 g/mol. The van der Waals surface area contributed by atoms with Gasteiger partial charge in [-0.1, -0.05) is 0 Å². The molecule has 0 bridgehead atoms. The molecule has 0 spiro atoms. The van der Waals surface area contributed by atoms with Gasteiger partial charge in [-0.3, -0.25) is 19.6 Å². The van der Waals surface area contributed by atoms with Crippen LogP contribution in [0.4, 0.5) is 16.1 Å². The van der Waals surface area contributed by atoms with Crippen LogP contribution in [0.3, 0.4) is 0 Å². The zero-order chi connectivity index (χ0) is 14.7. The molecule has 0 atom stereocenters. The van der Waals surface area contributed by atoms with Crippen molar-refractivity contribution in [3.05, 3.63) is 33.9 Å². The molecular weight excluding hydrogens is 279 g/mol. The number of hydrogen-bond donors (Lipinski definition) is 1. The van der Waals surface area contributed by atoms with Crippen molar-refractivity contribution >= 4 is 17.3 Å². The summed E-state index contributed by atoms with van der Waals surface area (Å²) in [4.78, 5) is 26.6. The van der Waals surface area contributed by atoms with Crippen molar-refractivity contribution < 1.29 is 14.4 Å². The van der Waals surface area contributed by atoms with E-state index in [0.29, 0.717) is 5.56 Å². The van der Waals surface area contributed by atoms with Crippen LogP contribution in [0.2, 0.25) is 0 Å². The van der Waals surface area contributed by atoms with E-state index >= 15 is 0 Å². The summed E-state index contributed by atoms with van der Waals surface area (Å²) < 4.78 is 0. The van der Waals surface area contributed by atoms with Crippen LogP contribution in [-0.4, -0.2) is 56.0 Å². The monoisotopic (exact) mass is 298 g/mol. The molecular formula is C13H19FN4O3. The van der Waals surface area contributed by atoms with Gasteiger partial charge >= 0.3 is 0 Å². The van der Waals surface area contributed by atoms with E-state index in [1.165, 1.54) is 19.2 Å². The zero-order valence-electron chi connectivity index (χ0n) is 12.0. The Labute approximate surface area is 122 Å². The van der Waals surface area contributed by atoms with E-state index < -0.39 is 4.92 Å². The number of carbonyl (C=O) groups excluding carboxylic acids is 1. The Balaban J connectivity index is 0.00000220. The predicted octanol–water partition coefficient (Wildman–Crippen LogP) is 0.859. The number of benzene rings is 1. The number of nitro groups is 1. The van der Waals surface area contributed by atoms with Crippen molar-refractivity contribution in [1.29, 1.82) is 0 Å². The number of nitro benzene ring substituents is 1. The Morgan fingerprint density at radius 3 is 2.43 bits per heavy atom. The molecule has 8 heteroatoms. The summed E-state index contributed by atoms with van der Waals surface area (Å²) in [7, 11) is 3.57. The third kappa shape index (κ3) is 3.66. The molecule has 1 aromatic rings. The largest absolute Gasteiger partial charge is 0.368 e. The molecule has 2 rings (SSSR count). The molecule has 1 N–H and O–H groups in total. The second kappa shape index (κ2) is 6.98. The van der Waals surface area contributed by atoms with Gasteiger partial charge in [-0.2, -0.15) is 0 Å². The molecule has 0 aliphatic carbocycles. The number of anilines is 1. The highest BCUT2D eigenvalue weighted by Crippen LogP contribution is 2.26. The third-order valence-electron chi connectivity index (χ3n) is 3.51. The standard InChI is InChI=1S/C13H18N4O3.FH/c1-14-13(18)11-9-10(17(19)20)3-4-12(11)16-7-5-15(2)6-8-16;/h3-4,9H,5-8H2,1-2H3,(H,14,18);1H. The number of likely N-dealkylation sites (N-methyl/N-ethyl adjacent to an activating group) is 1. The molecule has 1 amide bonds. The van der Waals surface area contributed by atoms with Gasteiger partial charge in [-0.25, -0.2) is 0 Å². The molecule has 0 aromatic heterocycles. The van der Waals surface area contributed by atoms with Gasteiger partial charge in [0.2, 0.25) is 0 Å². The normalized spacial score (nSPS) is 15.2. The number of nitrogens with one attached hydrogen (secondary N) is 1. The topological polar surface area (TPSA) is 78.7 Å². The van der Waals surface area contributed by atoms with Crippen LogP contribution in [0.1, 0.15) is 10.4 Å². The minimum Gasteiger partial charge on any atom is -0.368 e. The number of halogens is 1. The van der Waals surface area contributed by atoms with E-state index in [1.807, 2.05) is 7.05 Å². The van der Waals surface area contributed by atoms with Crippen LogP contribution in [0.15, 0.2) is 18.2 Å². The third-order valence-corrected chi connectivity index (χ3v) is 3.51. The van der Waals surface area contributed by atoms with Gasteiger partial charge in [0.05, 0.1) is 16.2 Å². The number of piperazine rings is 1. The fraction of sp³-hybridized carbons (Fsp3) is 0.462. The fourth-order valence-corrected chi connectivity index (χ4v) is 2.28. The summed E-state index contributed by atoms with van der Waals surface area (Å²) in [5, 5.41) is 13.4. The first kappa shape index (κ1) is 16.8. The van der Waals surface area contributed by atoms with Crippen LogP contribution in [-0.2, 0) is 0 Å². The minimum atomic E-state index is -0.486. The zero-order valence-corrected chi connectivity index (χ0v) is 12.0. The lowest BCUT2D eigenvalue weighted by Crippen LogP contribution is -2.45. The molecule has 1 aliphatic rings. The molecule has 1 fully saturated rings. The molecule has 0 radical (unpaired) electrons. The van der Waals surface area contributed by atoms with Gasteiger partial charge in [0.15, 0.2) is 0 Å². The average Bonchev–Trinajstić information content (AvgIpc) is 2.46. The highest BCUT2D eigenvalue weighted by Gasteiger charge is 2.22. The van der Waals surface area contributed by atoms with Gasteiger partial charge in [-0.15, -0.1) is 0 Å². The SMILES string of the molecule is CNC(=O)c1cc([N+](=O)[O-])ccc1N1CCN(C)CC1.F. The van der Waals surface area contributed by atoms with Gasteiger partial charge in [0.1, 0.15) is 0 Å². The quantitative estimate of drug-likeness (QED) is 0.661. The Morgan fingerprint density at radius 1 is 1.29 bits per heavy atom.